The van der Waals surface area contributed by atoms with Crippen molar-refractivity contribution >= 4 is 5.91 Å². The van der Waals surface area contributed by atoms with Gasteiger partial charge in [0.2, 0.25) is 5.91 Å². The molecule has 0 aliphatic heterocycles. The van der Waals surface area contributed by atoms with Gasteiger partial charge in [-0.25, -0.2) is 0 Å². The molecule has 0 aromatic carbocycles. The minimum absolute atomic E-state index is 0.0807. The van der Waals surface area contributed by atoms with E-state index in [2.05, 4.69) is 18.3 Å². The maximum atomic E-state index is 11.2. The van der Waals surface area contributed by atoms with Crippen LogP contribution in [0.2, 0.25) is 0 Å². The van der Waals surface area contributed by atoms with Gasteiger partial charge in [-0.05, 0) is 18.9 Å². The van der Waals surface area contributed by atoms with Crippen LogP contribution < -0.4 is 11.1 Å². The fraction of sp³-hybridized carbons (Fsp3) is 0.643. The number of carbonyl (C=O) groups is 1. The molecule has 3 N–H and O–H groups in total. The summed E-state index contributed by atoms with van der Waals surface area (Å²) in [6, 6.07) is 0. The van der Waals surface area contributed by atoms with Crippen LogP contribution in [0.4, 0.5) is 0 Å². The van der Waals surface area contributed by atoms with Crippen LogP contribution in [0.25, 0.3) is 0 Å². The van der Waals surface area contributed by atoms with Crippen molar-refractivity contribution in [3.63, 3.8) is 0 Å². The van der Waals surface area contributed by atoms with Crippen LogP contribution in [0.3, 0.4) is 0 Å². The monoisotopic (exact) mass is 256 g/mol. The second-order valence-electron chi connectivity index (χ2n) is 3.31. The van der Waals surface area contributed by atoms with E-state index in [1.54, 1.807) is 0 Å². The number of amides is 1. The molecule has 0 aliphatic rings. The topological polar surface area (TPSA) is 64.3 Å². The molecular weight excluding hydrogens is 228 g/mol. The Kier molecular flexibility index (Phi) is 16.9. The fourth-order valence-electron chi connectivity index (χ4n) is 1.02. The van der Waals surface area contributed by atoms with E-state index >= 15 is 0 Å². The zero-order valence-corrected chi connectivity index (χ0v) is 12.2. The maximum absolute atomic E-state index is 11.2. The Labute approximate surface area is 111 Å². The van der Waals surface area contributed by atoms with Crippen LogP contribution in [-0.4, -0.2) is 32.2 Å². The Morgan fingerprint density at radius 2 is 2.00 bits per heavy atom. The molecule has 18 heavy (non-hydrogen) atoms. The summed E-state index contributed by atoms with van der Waals surface area (Å²) < 4.78 is 5.27. The Balaban J connectivity index is 0. The van der Waals surface area contributed by atoms with Gasteiger partial charge in [0.1, 0.15) is 6.61 Å². The van der Waals surface area contributed by atoms with E-state index in [4.69, 9.17) is 10.5 Å². The molecule has 1 amide bonds. The van der Waals surface area contributed by atoms with Gasteiger partial charge in [0.25, 0.3) is 0 Å². The highest BCUT2D eigenvalue weighted by Gasteiger charge is 2.00. The van der Waals surface area contributed by atoms with Gasteiger partial charge in [0.15, 0.2) is 0 Å². The highest BCUT2D eigenvalue weighted by molar-refractivity contribution is 5.77. The number of hydrogen-bond donors (Lipinski definition) is 2. The molecule has 0 aliphatic carbocycles. The highest BCUT2D eigenvalue weighted by Crippen LogP contribution is 1.98. The average Bonchev–Trinajstić information content (AvgIpc) is 2.42. The minimum Gasteiger partial charge on any atom is -0.367 e. The van der Waals surface area contributed by atoms with Crippen molar-refractivity contribution in [3.05, 3.63) is 23.8 Å². The second kappa shape index (κ2) is 15.9. The number of carbonyl (C=O) groups excluding carboxylic acids is 1. The van der Waals surface area contributed by atoms with Gasteiger partial charge in [0.05, 0.1) is 6.61 Å². The summed E-state index contributed by atoms with van der Waals surface area (Å²) in [5.74, 6) is -0.125. The maximum Gasteiger partial charge on any atom is 0.246 e. The van der Waals surface area contributed by atoms with Crippen molar-refractivity contribution in [2.24, 2.45) is 5.73 Å². The van der Waals surface area contributed by atoms with Crippen LogP contribution in [0, 0.1) is 0 Å². The van der Waals surface area contributed by atoms with E-state index in [9.17, 15) is 4.79 Å². The van der Waals surface area contributed by atoms with E-state index in [0.717, 1.165) is 12.0 Å². The smallest absolute Gasteiger partial charge is 0.246 e. The van der Waals surface area contributed by atoms with E-state index in [1.165, 1.54) is 0 Å². The normalized spacial score (nSPS) is 11.1. The highest BCUT2D eigenvalue weighted by atomic mass is 16.5. The fourth-order valence-corrected chi connectivity index (χ4v) is 1.02. The Hall–Kier alpha value is -1.13. The first kappa shape index (κ1) is 19.2. The van der Waals surface area contributed by atoms with Gasteiger partial charge in [-0.3, -0.25) is 4.79 Å². The van der Waals surface area contributed by atoms with Gasteiger partial charge in [-0.2, -0.15) is 0 Å². The number of rotatable bonds is 8. The van der Waals surface area contributed by atoms with Crippen molar-refractivity contribution < 1.29 is 9.53 Å². The van der Waals surface area contributed by atoms with Crippen LogP contribution in [0.5, 0.6) is 0 Å². The van der Waals surface area contributed by atoms with Crippen LogP contribution in [-0.2, 0) is 9.53 Å². The zero-order chi connectivity index (χ0) is 14.2. The number of ether oxygens (including phenoxy) is 1. The quantitative estimate of drug-likeness (QED) is 0.653. The third-order valence-corrected chi connectivity index (χ3v) is 1.91. The molecule has 0 spiro atoms. The molecule has 106 valence electrons. The average molecular weight is 256 g/mol. The molecule has 0 unspecified atom stereocenters. The van der Waals surface area contributed by atoms with Crippen LogP contribution in [0.1, 0.15) is 34.1 Å². The van der Waals surface area contributed by atoms with E-state index in [1.807, 2.05) is 32.9 Å². The summed E-state index contributed by atoms with van der Waals surface area (Å²) in [6.07, 6.45) is 7.04. The first-order valence-corrected chi connectivity index (χ1v) is 6.60. The van der Waals surface area contributed by atoms with Crippen LogP contribution >= 0.6 is 0 Å². The molecule has 0 aromatic rings. The first-order chi connectivity index (χ1) is 8.74. The molecule has 0 saturated carbocycles. The summed E-state index contributed by atoms with van der Waals surface area (Å²) in [4.78, 5) is 11.2. The molecule has 0 aromatic heterocycles. The lowest BCUT2D eigenvalue weighted by atomic mass is 10.2. The second-order valence-corrected chi connectivity index (χ2v) is 3.31. The van der Waals surface area contributed by atoms with Gasteiger partial charge >= 0.3 is 0 Å². The standard InChI is InChI=1S/C12H22N2O2.C2H6/c1-3-5-6-11(4-2)9-16-10-12(15)14-8-7-13;1-2/h4-6H,3,7-10,13H2,1-2H3,(H,14,15);1-2H3/b6-5-,11-4+;. The van der Waals surface area contributed by atoms with Crippen LogP contribution in [0.15, 0.2) is 23.8 Å². The predicted octanol–water partition coefficient (Wildman–Crippen LogP) is 2.02. The predicted molar refractivity (Wildman–Crippen MR) is 77.4 cm³/mol. The van der Waals surface area contributed by atoms with Crippen molar-refractivity contribution in [1.82, 2.24) is 5.32 Å². The molecule has 0 bridgehead atoms. The largest absolute Gasteiger partial charge is 0.367 e. The van der Waals surface area contributed by atoms with E-state index < -0.39 is 0 Å². The van der Waals surface area contributed by atoms with E-state index in [-0.39, 0.29) is 12.5 Å². The number of allylic oxidation sites excluding steroid dienone is 2. The van der Waals surface area contributed by atoms with Gasteiger partial charge in [-0.15, -0.1) is 0 Å². The van der Waals surface area contributed by atoms with Crippen molar-refractivity contribution in [2.75, 3.05) is 26.3 Å². The summed E-state index contributed by atoms with van der Waals surface area (Å²) in [5.41, 5.74) is 6.33. The molecule has 4 heteroatoms. The van der Waals surface area contributed by atoms with Crippen molar-refractivity contribution in [2.45, 2.75) is 34.1 Å². The molecule has 4 nitrogen and oxygen atoms in total. The third kappa shape index (κ3) is 12.9. The summed E-state index contributed by atoms with van der Waals surface area (Å²) in [7, 11) is 0. The number of nitrogens with two attached hydrogens (primary N) is 1. The Bertz CT molecular complexity index is 248. The van der Waals surface area contributed by atoms with Gasteiger partial charge in [-0.1, -0.05) is 39.0 Å². The van der Waals surface area contributed by atoms with Crippen molar-refractivity contribution in [1.29, 1.82) is 0 Å². The summed E-state index contributed by atoms with van der Waals surface area (Å²) >= 11 is 0. The summed E-state index contributed by atoms with van der Waals surface area (Å²) in [5, 5.41) is 2.64. The molecule has 0 heterocycles. The Morgan fingerprint density at radius 3 is 2.50 bits per heavy atom. The molecular formula is C14H28N2O2. The lowest BCUT2D eigenvalue weighted by Gasteiger charge is -2.05. The van der Waals surface area contributed by atoms with E-state index in [0.29, 0.717) is 19.7 Å². The van der Waals surface area contributed by atoms with Crippen molar-refractivity contribution in [3.8, 4) is 0 Å². The lowest BCUT2D eigenvalue weighted by molar-refractivity contribution is -0.125. The first-order valence-electron chi connectivity index (χ1n) is 6.60. The molecule has 0 radical (unpaired) electrons. The molecule has 0 saturated heterocycles. The lowest BCUT2D eigenvalue weighted by Crippen LogP contribution is -2.32. The number of nitrogens with one attached hydrogen (secondary N) is 1. The molecule has 0 fully saturated rings. The number of hydrogen-bond acceptors (Lipinski definition) is 3. The van der Waals surface area contributed by atoms with Gasteiger partial charge in [0, 0.05) is 13.1 Å². The SMILES string of the molecule is C/C=C(\C=C/CC)COCC(=O)NCCN.CC. The summed E-state index contributed by atoms with van der Waals surface area (Å²) in [6.45, 7) is 9.51. The third-order valence-electron chi connectivity index (χ3n) is 1.91. The van der Waals surface area contributed by atoms with Gasteiger partial charge < -0.3 is 15.8 Å². The molecule has 0 atom stereocenters. The zero-order valence-electron chi connectivity index (χ0n) is 12.2. The molecule has 0 rings (SSSR count). The Morgan fingerprint density at radius 1 is 1.33 bits per heavy atom. The minimum atomic E-state index is -0.125.